The van der Waals surface area contributed by atoms with E-state index in [4.69, 9.17) is 11.6 Å². The number of anilines is 1. The summed E-state index contributed by atoms with van der Waals surface area (Å²) in [5, 5.41) is 3.27. The van der Waals surface area contributed by atoms with Crippen LogP contribution in [0.25, 0.3) is 0 Å². The van der Waals surface area contributed by atoms with Crippen molar-refractivity contribution < 1.29 is 9.59 Å². The maximum absolute atomic E-state index is 12.6. The van der Waals surface area contributed by atoms with E-state index < -0.39 is 0 Å². The molecule has 0 bridgehead atoms. The summed E-state index contributed by atoms with van der Waals surface area (Å²) in [6, 6.07) is 13.9. The number of rotatable bonds is 3. The van der Waals surface area contributed by atoms with Crippen molar-refractivity contribution in [1.29, 1.82) is 0 Å². The second-order valence-corrected chi connectivity index (χ2v) is 6.62. The highest BCUT2D eigenvalue weighted by Gasteiger charge is 2.17. The van der Waals surface area contributed by atoms with Crippen LogP contribution in [0, 0.1) is 0 Å². The Kier molecular flexibility index (Phi) is 5.71. The molecule has 5 heteroatoms. The van der Waals surface area contributed by atoms with Crippen LogP contribution in [0.2, 0.25) is 5.02 Å². The predicted molar refractivity (Wildman–Crippen MR) is 100 cm³/mol. The maximum Gasteiger partial charge on any atom is 0.255 e. The number of benzene rings is 2. The quantitative estimate of drug-likeness (QED) is 0.873. The van der Waals surface area contributed by atoms with E-state index in [2.05, 4.69) is 5.32 Å². The smallest absolute Gasteiger partial charge is 0.255 e. The molecule has 0 aliphatic carbocycles. The average Bonchev–Trinajstić information content (AvgIpc) is 2.92. The van der Waals surface area contributed by atoms with Crippen molar-refractivity contribution in [3.63, 3.8) is 0 Å². The van der Waals surface area contributed by atoms with Gasteiger partial charge in [0, 0.05) is 24.2 Å². The summed E-state index contributed by atoms with van der Waals surface area (Å²) in [6.07, 6.45) is 4.49. The number of carbonyl (C=O) groups excluding carboxylic acids is 2. The largest absolute Gasteiger partial charge is 0.339 e. The van der Waals surface area contributed by atoms with Gasteiger partial charge in [0.15, 0.2) is 0 Å². The number of nitrogens with one attached hydrogen (secondary N) is 1. The third-order valence-electron chi connectivity index (χ3n) is 4.41. The molecule has 25 heavy (non-hydrogen) atoms. The summed E-state index contributed by atoms with van der Waals surface area (Å²) in [5.74, 6) is -0.207. The molecule has 2 amide bonds. The molecule has 0 radical (unpaired) electrons. The summed E-state index contributed by atoms with van der Waals surface area (Å²) in [6.45, 7) is 1.63. The molecule has 0 spiro atoms. The first-order chi connectivity index (χ1) is 12.1. The van der Waals surface area contributed by atoms with Crippen molar-refractivity contribution in [3.05, 3.63) is 64.7 Å². The molecule has 2 aromatic rings. The van der Waals surface area contributed by atoms with Crippen molar-refractivity contribution in [3.8, 4) is 0 Å². The number of hydrogen-bond donors (Lipinski definition) is 1. The van der Waals surface area contributed by atoms with Gasteiger partial charge in [0.05, 0.1) is 10.7 Å². The minimum absolute atomic E-state index is 0.0416. The molecule has 0 aromatic heterocycles. The molecule has 0 unspecified atom stereocenters. The fourth-order valence-corrected chi connectivity index (χ4v) is 3.16. The van der Waals surface area contributed by atoms with Gasteiger partial charge < -0.3 is 10.2 Å². The van der Waals surface area contributed by atoms with Gasteiger partial charge >= 0.3 is 0 Å². The van der Waals surface area contributed by atoms with Crippen molar-refractivity contribution >= 4 is 29.1 Å². The molecule has 4 nitrogen and oxygen atoms in total. The standard InChI is InChI=1S/C20H21ClN2O2/c21-17-7-3-4-8-18(17)22-19(24)15-9-11-16(12-10-15)20(25)23-13-5-1-2-6-14-23/h3-4,7-12H,1-2,5-6,13-14H2,(H,22,24). The Bertz CT molecular complexity index is 751. The zero-order valence-electron chi connectivity index (χ0n) is 14.0. The van der Waals surface area contributed by atoms with Crippen LogP contribution >= 0.6 is 11.6 Å². The fraction of sp³-hybridized carbons (Fsp3) is 0.300. The number of carbonyl (C=O) groups is 2. The fourth-order valence-electron chi connectivity index (χ4n) is 2.98. The van der Waals surface area contributed by atoms with E-state index in [9.17, 15) is 9.59 Å². The highest BCUT2D eigenvalue weighted by Crippen LogP contribution is 2.21. The van der Waals surface area contributed by atoms with Gasteiger partial charge in [-0.05, 0) is 49.2 Å². The second kappa shape index (κ2) is 8.17. The predicted octanol–water partition coefficient (Wildman–Crippen LogP) is 4.61. The van der Waals surface area contributed by atoms with Gasteiger partial charge in [-0.15, -0.1) is 0 Å². The lowest BCUT2D eigenvalue weighted by atomic mass is 10.1. The van der Waals surface area contributed by atoms with Crippen LogP contribution in [0.5, 0.6) is 0 Å². The topological polar surface area (TPSA) is 49.4 Å². The van der Waals surface area contributed by atoms with Crippen molar-refractivity contribution in [2.45, 2.75) is 25.7 Å². The van der Waals surface area contributed by atoms with Crippen LogP contribution in [0.3, 0.4) is 0 Å². The SMILES string of the molecule is O=C(Nc1ccccc1Cl)c1ccc(C(=O)N2CCCCCC2)cc1. The summed E-state index contributed by atoms with van der Waals surface area (Å²) in [7, 11) is 0. The Labute approximate surface area is 152 Å². The summed E-state index contributed by atoms with van der Waals surface area (Å²) < 4.78 is 0. The van der Waals surface area contributed by atoms with Gasteiger partial charge in [-0.2, -0.15) is 0 Å². The molecule has 0 atom stereocenters. The molecular formula is C20H21ClN2O2. The number of likely N-dealkylation sites (tertiary alicyclic amines) is 1. The van der Waals surface area contributed by atoms with Crippen molar-refractivity contribution in [1.82, 2.24) is 4.90 Å². The van der Waals surface area contributed by atoms with Crippen LogP contribution in [0.1, 0.15) is 46.4 Å². The van der Waals surface area contributed by atoms with Gasteiger partial charge in [0.25, 0.3) is 11.8 Å². The summed E-state index contributed by atoms with van der Waals surface area (Å²) in [4.78, 5) is 26.8. The Hall–Kier alpha value is -2.33. The van der Waals surface area contributed by atoms with Gasteiger partial charge in [-0.1, -0.05) is 36.6 Å². The molecule has 1 N–H and O–H groups in total. The monoisotopic (exact) mass is 356 g/mol. The molecule has 1 aliphatic heterocycles. The average molecular weight is 357 g/mol. The Morgan fingerprint density at radius 3 is 2.08 bits per heavy atom. The number of amides is 2. The molecule has 1 fully saturated rings. The lowest BCUT2D eigenvalue weighted by Crippen LogP contribution is -2.31. The number of nitrogens with zero attached hydrogens (tertiary/aromatic N) is 1. The minimum Gasteiger partial charge on any atom is -0.339 e. The van der Waals surface area contributed by atoms with E-state index in [1.54, 1.807) is 42.5 Å². The minimum atomic E-state index is -0.248. The summed E-state index contributed by atoms with van der Waals surface area (Å²) >= 11 is 6.06. The maximum atomic E-state index is 12.6. The van der Waals surface area contributed by atoms with Crippen molar-refractivity contribution in [2.24, 2.45) is 0 Å². The molecule has 1 saturated heterocycles. The molecule has 3 rings (SSSR count). The Morgan fingerprint density at radius 2 is 1.44 bits per heavy atom. The zero-order chi connectivity index (χ0) is 17.6. The van der Waals surface area contributed by atoms with Crippen LogP contribution in [-0.4, -0.2) is 29.8 Å². The van der Waals surface area contributed by atoms with Crippen LogP contribution < -0.4 is 5.32 Å². The third kappa shape index (κ3) is 4.40. The first-order valence-corrected chi connectivity index (χ1v) is 8.98. The summed E-state index contributed by atoms with van der Waals surface area (Å²) in [5.41, 5.74) is 1.68. The third-order valence-corrected chi connectivity index (χ3v) is 4.74. The lowest BCUT2D eigenvalue weighted by Gasteiger charge is -2.20. The van der Waals surface area contributed by atoms with E-state index >= 15 is 0 Å². The van der Waals surface area contributed by atoms with Crippen LogP contribution in [0.15, 0.2) is 48.5 Å². The van der Waals surface area contributed by atoms with Gasteiger partial charge in [-0.25, -0.2) is 0 Å². The van der Waals surface area contributed by atoms with E-state index in [1.165, 1.54) is 12.8 Å². The Morgan fingerprint density at radius 1 is 0.840 bits per heavy atom. The van der Waals surface area contributed by atoms with E-state index in [0.717, 1.165) is 25.9 Å². The van der Waals surface area contributed by atoms with Gasteiger partial charge in [0.2, 0.25) is 0 Å². The molecule has 1 aliphatic rings. The van der Waals surface area contributed by atoms with Crippen LogP contribution in [0.4, 0.5) is 5.69 Å². The first kappa shape index (κ1) is 17.5. The lowest BCUT2D eigenvalue weighted by molar-refractivity contribution is 0.0761. The second-order valence-electron chi connectivity index (χ2n) is 6.22. The molecule has 1 heterocycles. The molecular weight excluding hydrogens is 336 g/mol. The highest BCUT2D eigenvalue weighted by molar-refractivity contribution is 6.33. The number of hydrogen-bond acceptors (Lipinski definition) is 2. The first-order valence-electron chi connectivity index (χ1n) is 8.60. The molecule has 0 saturated carbocycles. The van der Waals surface area contributed by atoms with E-state index in [-0.39, 0.29) is 11.8 Å². The van der Waals surface area contributed by atoms with Gasteiger partial charge in [0.1, 0.15) is 0 Å². The van der Waals surface area contributed by atoms with E-state index in [0.29, 0.717) is 21.8 Å². The molecule has 2 aromatic carbocycles. The number of para-hydroxylation sites is 1. The Balaban J connectivity index is 1.68. The molecule has 130 valence electrons. The van der Waals surface area contributed by atoms with Gasteiger partial charge in [-0.3, -0.25) is 9.59 Å². The van der Waals surface area contributed by atoms with Crippen molar-refractivity contribution in [2.75, 3.05) is 18.4 Å². The zero-order valence-corrected chi connectivity index (χ0v) is 14.8. The van der Waals surface area contributed by atoms with E-state index in [1.807, 2.05) is 11.0 Å². The normalized spacial score (nSPS) is 14.7. The van der Waals surface area contributed by atoms with Crippen LogP contribution in [-0.2, 0) is 0 Å². The number of halogens is 1. The highest BCUT2D eigenvalue weighted by atomic mass is 35.5.